The number of ether oxygens (including phenoxy) is 2. The summed E-state index contributed by atoms with van der Waals surface area (Å²) in [7, 11) is 0. The molecule has 28 heavy (non-hydrogen) atoms. The summed E-state index contributed by atoms with van der Waals surface area (Å²) in [6.45, 7) is 4.62. The van der Waals surface area contributed by atoms with E-state index in [-0.39, 0.29) is 13.2 Å². The molecule has 1 saturated heterocycles. The van der Waals surface area contributed by atoms with E-state index in [0.29, 0.717) is 24.6 Å². The minimum Gasteiger partial charge on any atom is -0.395 e. The molecular formula is C19H28N4O5. The van der Waals surface area contributed by atoms with Crippen LogP contribution in [0.2, 0.25) is 0 Å². The van der Waals surface area contributed by atoms with Crippen molar-refractivity contribution in [1.29, 1.82) is 0 Å². The normalized spacial score (nSPS) is 24.9. The topological polar surface area (TPSA) is 122 Å². The summed E-state index contributed by atoms with van der Waals surface area (Å²) in [5.74, 6) is 0. The Morgan fingerprint density at radius 3 is 2.29 bits per heavy atom. The number of rotatable bonds is 9. The Bertz CT molecular complexity index is 735. The van der Waals surface area contributed by atoms with Gasteiger partial charge in [0, 0.05) is 18.8 Å². The summed E-state index contributed by atoms with van der Waals surface area (Å²) in [4.78, 5) is 0. The first-order chi connectivity index (χ1) is 13.6. The number of aliphatic hydroxyl groups excluding tert-OH is 3. The number of nitrogens with zero attached hydrogens (tertiary/aromatic N) is 3. The minimum absolute atomic E-state index is 0.237. The van der Waals surface area contributed by atoms with Crippen molar-refractivity contribution in [2.75, 3.05) is 19.8 Å². The molecule has 154 valence electrons. The van der Waals surface area contributed by atoms with E-state index in [9.17, 15) is 15.3 Å². The largest absolute Gasteiger partial charge is 0.395 e. The molecule has 0 saturated carbocycles. The molecule has 0 aliphatic carbocycles. The van der Waals surface area contributed by atoms with Crippen LogP contribution in [0.4, 0.5) is 0 Å². The molecule has 1 aliphatic heterocycles. The van der Waals surface area contributed by atoms with E-state index in [1.54, 1.807) is 4.68 Å². The molecule has 1 aliphatic rings. The van der Waals surface area contributed by atoms with E-state index >= 15 is 0 Å². The van der Waals surface area contributed by atoms with Gasteiger partial charge in [0.15, 0.2) is 0 Å². The van der Waals surface area contributed by atoms with Crippen molar-refractivity contribution >= 4 is 0 Å². The fourth-order valence-corrected chi connectivity index (χ4v) is 3.45. The molecule has 1 aromatic heterocycles. The smallest absolute Gasteiger partial charge is 0.203 e. The van der Waals surface area contributed by atoms with E-state index in [4.69, 9.17) is 9.47 Å². The molecule has 0 bridgehead atoms. The minimum atomic E-state index is -1.05. The Labute approximate surface area is 163 Å². The lowest BCUT2D eigenvalue weighted by Crippen LogP contribution is -2.39. The maximum absolute atomic E-state index is 10.3. The maximum Gasteiger partial charge on any atom is 0.203 e. The second kappa shape index (κ2) is 9.55. The Balaban J connectivity index is 1.95. The van der Waals surface area contributed by atoms with Crippen LogP contribution in [0.3, 0.4) is 0 Å². The van der Waals surface area contributed by atoms with Crippen LogP contribution < -0.4 is 5.32 Å². The Morgan fingerprint density at radius 1 is 1.07 bits per heavy atom. The number of aliphatic hydroxyl groups is 3. The SMILES string of the molecule is CCOC(OCC)c1c(-c2ccccc2)nnn1C[C@H]1N[C@H](CO)[C@@H](O)[C@@H]1O. The molecular weight excluding hydrogens is 364 g/mol. The summed E-state index contributed by atoms with van der Waals surface area (Å²) in [6, 6.07) is 8.53. The van der Waals surface area contributed by atoms with Crippen LogP contribution in [0, 0.1) is 0 Å². The first-order valence-electron chi connectivity index (χ1n) is 9.55. The molecule has 9 nitrogen and oxygen atoms in total. The van der Waals surface area contributed by atoms with Crippen LogP contribution in [0.5, 0.6) is 0 Å². The van der Waals surface area contributed by atoms with Gasteiger partial charge in [0.25, 0.3) is 0 Å². The second-order valence-electron chi connectivity index (χ2n) is 6.66. The zero-order valence-electron chi connectivity index (χ0n) is 16.1. The first-order valence-corrected chi connectivity index (χ1v) is 9.55. The summed E-state index contributed by atoms with van der Waals surface area (Å²) in [5, 5.41) is 41.4. The van der Waals surface area contributed by atoms with E-state index in [1.165, 1.54) is 0 Å². The fourth-order valence-electron chi connectivity index (χ4n) is 3.45. The van der Waals surface area contributed by atoms with Gasteiger partial charge in [0.2, 0.25) is 6.29 Å². The van der Waals surface area contributed by atoms with Crippen molar-refractivity contribution in [1.82, 2.24) is 20.3 Å². The average Bonchev–Trinajstić information content (AvgIpc) is 3.25. The molecule has 1 fully saturated rings. The molecule has 0 unspecified atom stereocenters. The number of benzene rings is 1. The first kappa shape index (κ1) is 20.8. The maximum atomic E-state index is 10.3. The standard InChI is InChI=1S/C19H28N4O5/c1-3-27-19(28-4-2)16-15(12-8-6-5-7-9-12)21-22-23(16)10-13-17(25)18(26)14(11-24)20-13/h5-9,13-14,17-20,24-26H,3-4,10-11H2,1-2H3/t13-,14-,17-,18-/m1/s1. The zero-order chi connectivity index (χ0) is 20.1. The van der Waals surface area contributed by atoms with E-state index < -0.39 is 30.6 Å². The van der Waals surface area contributed by atoms with Gasteiger partial charge >= 0.3 is 0 Å². The van der Waals surface area contributed by atoms with Gasteiger partial charge in [0.05, 0.1) is 37.4 Å². The van der Waals surface area contributed by atoms with Crippen LogP contribution in [0.1, 0.15) is 25.8 Å². The third-order valence-corrected chi connectivity index (χ3v) is 4.85. The van der Waals surface area contributed by atoms with Crippen molar-refractivity contribution in [2.24, 2.45) is 0 Å². The molecule has 2 aromatic rings. The van der Waals surface area contributed by atoms with E-state index in [1.807, 2.05) is 44.2 Å². The lowest BCUT2D eigenvalue weighted by Gasteiger charge is -2.22. The van der Waals surface area contributed by atoms with Gasteiger partial charge < -0.3 is 30.1 Å². The molecule has 4 N–H and O–H groups in total. The summed E-state index contributed by atoms with van der Waals surface area (Å²) in [5.41, 5.74) is 2.16. The molecule has 2 heterocycles. The Kier molecular flexibility index (Phi) is 7.11. The highest BCUT2D eigenvalue weighted by Crippen LogP contribution is 2.30. The molecule has 0 radical (unpaired) electrons. The van der Waals surface area contributed by atoms with Crippen molar-refractivity contribution in [3.05, 3.63) is 36.0 Å². The van der Waals surface area contributed by atoms with Crippen LogP contribution in [-0.2, 0) is 16.0 Å². The number of nitrogens with one attached hydrogen (secondary N) is 1. The van der Waals surface area contributed by atoms with Gasteiger partial charge in [-0.3, -0.25) is 0 Å². The summed E-state index contributed by atoms with van der Waals surface area (Å²) < 4.78 is 13.2. The lowest BCUT2D eigenvalue weighted by atomic mass is 10.1. The number of hydrogen-bond donors (Lipinski definition) is 4. The van der Waals surface area contributed by atoms with Crippen molar-refractivity contribution in [3.8, 4) is 11.3 Å². The number of hydrogen-bond acceptors (Lipinski definition) is 8. The highest BCUT2D eigenvalue weighted by Gasteiger charge is 2.41. The Hall–Kier alpha value is -1.88. The Morgan fingerprint density at radius 2 is 1.71 bits per heavy atom. The third kappa shape index (κ3) is 4.24. The monoisotopic (exact) mass is 392 g/mol. The summed E-state index contributed by atoms with van der Waals surface area (Å²) in [6.07, 6.45) is -2.76. The van der Waals surface area contributed by atoms with Crippen molar-refractivity contribution < 1.29 is 24.8 Å². The summed E-state index contributed by atoms with van der Waals surface area (Å²) >= 11 is 0. The molecule has 1 aromatic carbocycles. The van der Waals surface area contributed by atoms with Gasteiger partial charge in [-0.25, -0.2) is 4.68 Å². The zero-order valence-corrected chi connectivity index (χ0v) is 16.1. The molecule has 9 heteroatoms. The molecule has 0 amide bonds. The molecule has 4 atom stereocenters. The van der Waals surface area contributed by atoms with Gasteiger partial charge in [-0.05, 0) is 13.8 Å². The second-order valence-corrected chi connectivity index (χ2v) is 6.66. The van der Waals surface area contributed by atoms with E-state index in [2.05, 4.69) is 15.6 Å². The van der Waals surface area contributed by atoms with Crippen LogP contribution in [0.25, 0.3) is 11.3 Å². The fraction of sp³-hybridized carbons (Fsp3) is 0.579. The third-order valence-electron chi connectivity index (χ3n) is 4.85. The average molecular weight is 392 g/mol. The molecule has 3 rings (SSSR count). The predicted molar refractivity (Wildman–Crippen MR) is 101 cm³/mol. The van der Waals surface area contributed by atoms with E-state index in [0.717, 1.165) is 5.56 Å². The van der Waals surface area contributed by atoms with Crippen LogP contribution in [0.15, 0.2) is 30.3 Å². The van der Waals surface area contributed by atoms with Crippen LogP contribution in [-0.4, -0.2) is 74.4 Å². The highest BCUT2D eigenvalue weighted by atomic mass is 16.7. The van der Waals surface area contributed by atoms with Gasteiger partial charge in [-0.2, -0.15) is 0 Å². The lowest BCUT2D eigenvalue weighted by molar-refractivity contribution is -0.144. The highest BCUT2D eigenvalue weighted by molar-refractivity contribution is 5.61. The quantitative estimate of drug-likeness (QED) is 0.443. The molecule has 0 spiro atoms. The van der Waals surface area contributed by atoms with Gasteiger partial charge in [-0.1, -0.05) is 35.5 Å². The van der Waals surface area contributed by atoms with Crippen LogP contribution >= 0.6 is 0 Å². The van der Waals surface area contributed by atoms with Crippen molar-refractivity contribution in [2.45, 2.75) is 51.0 Å². The van der Waals surface area contributed by atoms with Crippen molar-refractivity contribution in [3.63, 3.8) is 0 Å². The number of aromatic nitrogens is 3. The van der Waals surface area contributed by atoms with Gasteiger partial charge in [0.1, 0.15) is 11.4 Å². The predicted octanol–water partition coefficient (Wildman–Crippen LogP) is 0.0712. The van der Waals surface area contributed by atoms with Gasteiger partial charge in [-0.15, -0.1) is 5.10 Å².